The summed E-state index contributed by atoms with van der Waals surface area (Å²) in [7, 11) is 0. The van der Waals surface area contributed by atoms with Gasteiger partial charge in [-0.05, 0) is 63.4 Å². The van der Waals surface area contributed by atoms with Crippen LogP contribution in [0.4, 0.5) is 0 Å². The van der Waals surface area contributed by atoms with Crippen LogP contribution in [-0.2, 0) is 9.59 Å². The Morgan fingerprint density at radius 2 is 1.86 bits per heavy atom. The molecule has 4 heterocycles. The summed E-state index contributed by atoms with van der Waals surface area (Å²) in [6.07, 6.45) is 8.64. The van der Waals surface area contributed by atoms with E-state index in [1.54, 1.807) is 16.9 Å². The molecule has 0 bridgehead atoms. The number of piperidine rings is 1. The van der Waals surface area contributed by atoms with Crippen LogP contribution in [-0.4, -0.2) is 70.1 Å². The summed E-state index contributed by atoms with van der Waals surface area (Å²) in [5, 5.41) is 46.1. The van der Waals surface area contributed by atoms with E-state index < -0.39 is 0 Å². The van der Waals surface area contributed by atoms with Gasteiger partial charge in [0.2, 0.25) is 0 Å². The van der Waals surface area contributed by atoms with E-state index in [9.17, 15) is 5.11 Å². The van der Waals surface area contributed by atoms with Gasteiger partial charge in [0, 0.05) is 34.8 Å². The minimum Gasteiger partial charge on any atom is -0.507 e. The molecule has 1 saturated carbocycles. The van der Waals surface area contributed by atoms with E-state index in [-0.39, 0.29) is 18.7 Å². The molecular formula is C24H27N7O5. The van der Waals surface area contributed by atoms with Crippen molar-refractivity contribution in [2.75, 3.05) is 6.54 Å². The molecule has 1 spiro atoms. The lowest BCUT2D eigenvalue weighted by Crippen LogP contribution is -2.40. The van der Waals surface area contributed by atoms with Gasteiger partial charge < -0.3 is 25.2 Å². The van der Waals surface area contributed by atoms with Gasteiger partial charge in [0.25, 0.3) is 12.9 Å². The molecule has 36 heavy (non-hydrogen) atoms. The molecule has 12 nitrogen and oxygen atoms in total. The van der Waals surface area contributed by atoms with Crippen molar-refractivity contribution in [2.45, 2.75) is 44.2 Å². The summed E-state index contributed by atoms with van der Waals surface area (Å²) in [5.41, 5.74) is 4.24. The fourth-order valence-corrected chi connectivity index (χ4v) is 4.69. The number of phenolic OH excluding ortho intramolecular Hbond substituents is 1. The summed E-state index contributed by atoms with van der Waals surface area (Å²) < 4.78 is 3.97. The highest BCUT2D eigenvalue weighted by molar-refractivity contribution is 5.81. The predicted octanol–water partition coefficient (Wildman–Crippen LogP) is 2.55. The van der Waals surface area contributed by atoms with Gasteiger partial charge in [0.1, 0.15) is 5.75 Å². The second kappa shape index (κ2) is 10.5. The lowest BCUT2D eigenvalue weighted by Gasteiger charge is -2.31. The first-order valence-corrected chi connectivity index (χ1v) is 11.4. The van der Waals surface area contributed by atoms with Crippen molar-refractivity contribution in [2.24, 2.45) is 0 Å². The second-order valence-electron chi connectivity index (χ2n) is 8.78. The molecule has 3 aromatic heterocycles. The Balaban J connectivity index is 0.000000464. The molecular weight excluding hydrogens is 466 g/mol. The van der Waals surface area contributed by atoms with E-state index in [1.165, 1.54) is 12.8 Å². The minimum atomic E-state index is -0.250. The third kappa shape index (κ3) is 5.03. The zero-order chi connectivity index (χ0) is 25.7. The van der Waals surface area contributed by atoms with Gasteiger partial charge in [-0.3, -0.25) is 9.59 Å². The van der Waals surface area contributed by atoms with Crippen molar-refractivity contribution in [3.63, 3.8) is 0 Å². The third-order valence-corrected chi connectivity index (χ3v) is 6.53. The molecule has 4 aromatic rings. The molecule has 0 amide bonds. The third-order valence-electron chi connectivity index (χ3n) is 6.53. The van der Waals surface area contributed by atoms with Gasteiger partial charge in [-0.15, -0.1) is 15.3 Å². The van der Waals surface area contributed by atoms with Crippen LogP contribution in [0.25, 0.3) is 28.0 Å². The smallest absolute Gasteiger partial charge is 0.290 e. The van der Waals surface area contributed by atoms with Crippen LogP contribution >= 0.6 is 0 Å². The van der Waals surface area contributed by atoms with Gasteiger partial charge >= 0.3 is 0 Å². The standard InChI is InChI=1S/C22H23N7O.2CH2O2/c1-14-13-24-27-29(14)16-2-3-18(20(30)11-16)19-10-15-5-9-28(21(15)26-25-19)17-4-8-23-22(12-17)6-7-22;2*2-1-3/h2-3,5,9-11,13,17,23,30H,4,6-8,12H2,1H3;2*1H,(H,2,3)/t17-;;/m0../s1. The fraction of sp³-hybridized carbons (Fsp3) is 0.333. The highest BCUT2D eigenvalue weighted by atomic mass is 16.3. The number of benzene rings is 1. The molecule has 2 fully saturated rings. The number of hydrogen-bond donors (Lipinski definition) is 4. The summed E-state index contributed by atoms with van der Waals surface area (Å²) in [6.45, 7) is 2.48. The Bertz CT molecular complexity index is 1360. The molecule has 4 N–H and O–H groups in total. The summed E-state index contributed by atoms with van der Waals surface area (Å²) in [5.74, 6) is 0.143. The maximum atomic E-state index is 10.6. The second-order valence-corrected chi connectivity index (χ2v) is 8.78. The zero-order valence-corrected chi connectivity index (χ0v) is 19.7. The van der Waals surface area contributed by atoms with E-state index in [1.807, 2.05) is 25.1 Å². The van der Waals surface area contributed by atoms with Crippen LogP contribution in [0.5, 0.6) is 5.75 Å². The van der Waals surface area contributed by atoms with Gasteiger partial charge in [-0.2, -0.15) is 0 Å². The summed E-state index contributed by atoms with van der Waals surface area (Å²) >= 11 is 0. The van der Waals surface area contributed by atoms with Crippen LogP contribution in [0, 0.1) is 6.92 Å². The Morgan fingerprint density at radius 1 is 1.11 bits per heavy atom. The number of carbonyl (C=O) groups is 2. The van der Waals surface area contributed by atoms with Crippen molar-refractivity contribution >= 4 is 24.0 Å². The van der Waals surface area contributed by atoms with E-state index in [4.69, 9.17) is 19.8 Å². The number of aromatic hydroxyl groups is 1. The summed E-state index contributed by atoms with van der Waals surface area (Å²) in [4.78, 5) is 16.7. The number of nitrogens with zero attached hydrogens (tertiary/aromatic N) is 6. The van der Waals surface area contributed by atoms with Crippen molar-refractivity contribution in [1.82, 2.24) is 35.1 Å². The topological polar surface area (TPSA) is 168 Å². The lowest BCUT2D eigenvalue weighted by molar-refractivity contribution is -0.123. The predicted molar refractivity (Wildman–Crippen MR) is 130 cm³/mol. The highest BCUT2D eigenvalue weighted by Gasteiger charge is 2.46. The molecule has 2 aliphatic rings. The van der Waals surface area contributed by atoms with Crippen molar-refractivity contribution in [1.29, 1.82) is 0 Å². The van der Waals surface area contributed by atoms with E-state index in [0.29, 0.717) is 22.8 Å². The van der Waals surface area contributed by atoms with Crippen LogP contribution in [0.3, 0.4) is 0 Å². The van der Waals surface area contributed by atoms with Gasteiger partial charge in [0.15, 0.2) is 5.65 Å². The average molecular weight is 494 g/mol. The molecule has 1 aromatic carbocycles. The van der Waals surface area contributed by atoms with Crippen LogP contribution in [0.1, 0.15) is 37.4 Å². The monoisotopic (exact) mass is 493 g/mol. The molecule has 0 radical (unpaired) electrons. The number of fused-ring (bicyclic) bond motifs is 1. The fourth-order valence-electron chi connectivity index (χ4n) is 4.69. The zero-order valence-electron chi connectivity index (χ0n) is 19.7. The van der Waals surface area contributed by atoms with Crippen LogP contribution in [0.2, 0.25) is 0 Å². The number of phenols is 1. The lowest BCUT2D eigenvalue weighted by atomic mass is 9.97. The molecule has 1 aliphatic carbocycles. The van der Waals surface area contributed by atoms with Crippen LogP contribution < -0.4 is 5.32 Å². The minimum absolute atomic E-state index is 0.143. The average Bonchev–Trinajstić information content (AvgIpc) is 3.26. The molecule has 1 aliphatic heterocycles. The molecule has 188 valence electrons. The Morgan fingerprint density at radius 3 is 2.50 bits per heavy atom. The molecule has 6 rings (SSSR count). The Kier molecular flexibility index (Phi) is 7.25. The summed E-state index contributed by atoms with van der Waals surface area (Å²) in [6, 6.07) is 9.99. The highest BCUT2D eigenvalue weighted by Crippen LogP contribution is 2.46. The van der Waals surface area contributed by atoms with Gasteiger partial charge in [-0.25, -0.2) is 4.68 Å². The number of carboxylic acid groups (broad SMARTS) is 2. The van der Waals surface area contributed by atoms with E-state index in [2.05, 4.69) is 42.7 Å². The SMILES string of the molecule is Cc1cnnn1-c1ccc(-c2cc3ccn([C@H]4CCNC5(CC5)C4)c3nn2)c(O)c1.O=CO.O=CO. The largest absolute Gasteiger partial charge is 0.507 e. The maximum absolute atomic E-state index is 10.6. The van der Waals surface area contributed by atoms with E-state index >= 15 is 0 Å². The molecule has 12 heteroatoms. The van der Waals surface area contributed by atoms with Crippen molar-refractivity contribution in [3.8, 4) is 22.7 Å². The normalized spacial score (nSPS) is 17.4. The molecule has 1 atom stereocenters. The Hall–Kier alpha value is -4.32. The van der Waals surface area contributed by atoms with Crippen LogP contribution in [0.15, 0.2) is 42.7 Å². The quantitative estimate of drug-likeness (QED) is 0.311. The van der Waals surface area contributed by atoms with Gasteiger partial charge in [-0.1, -0.05) is 5.21 Å². The first-order chi connectivity index (χ1) is 17.4. The number of nitrogens with one attached hydrogen (secondary N) is 1. The first-order valence-electron chi connectivity index (χ1n) is 11.4. The molecule has 0 unspecified atom stereocenters. The van der Waals surface area contributed by atoms with Gasteiger partial charge in [0.05, 0.1) is 23.3 Å². The number of hydrogen-bond acceptors (Lipinski definition) is 8. The number of rotatable bonds is 3. The number of aromatic nitrogens is 6. The molecule has 1 saturated heterocycles. The Labute approximate surface area is 206 Å². The maximum Gasteiger partial charge on any atom is 0.290 e. The van der Waals surface area contributed by atoms with Crippen molar-refractivity contribution in [3.05, 3.63) is 48.4 Å². The van der Waals surface area contributed by atoms with E-state index in [0.717, 1.165) is 41.8 Å². The number of aryl methyl sites for hydroxylation is 1. The van der Waals surface area contributed by atoms with Crippen molar-refractivity contribution < 1.29 is 24.9 Å². The first kappa shape index (κ1) is 24.8.